The van der Waals surface area contributed by atoms with E-state index in [0.29, 0.717) is 48.2 Å². The average molecular weight is 624 g/mol. The normalized spacial score (nSPS) is 10.7. The number of anilines is 3. The number of hydrogen-bond acceptors (Lipinski definition) is 9. The SMILES string of the molecule is COC(=O)CCCCCCNC(=O)c1cnc(N(c2ccc(COC(=O)CCCCCCN)cc2)c2ccccc2Cl)nc1. The molecule has 0 unspecified atom stereocenters. The summed E-state index contributed by atoms with van der Waals surface area (Å²) in [6, 6.07) is 14.9. The third-order valence-corrected chi connectivity index (χ3v) is 7.26. The Hall–Kier alpha value is -4.02. The molecular formula is C33H42ClN5O5. The van der Waals surface area contributed by atoms with Crippen molar-refractivity contribution >= 4 is 46.8 Å². The highest BCUT2D eigenvalue weighted by Gasteiger charge is 2.19. The molecule has 3 aromatic rings. The average Bonchev–Trinajstić information content (AvgIpc) is 3.05. The fourth-order valence-electron chi connectivity index (χ4n) is 4.45. The number of benzene rings is 2. The van der Waals surface area contributed by atoms with Crippen molar-refractivity contribution in [1.29, 1.82) is 0 Å². The zero-order valence-electron chi connectivity index (χ0n) is 25.3. The smallest absolute Gasteiger partial charge is 0.306 e. The van der Waals surface area contributed by atoms with E-state index in [9.17, 15) is 14.4 Å². The van der Waals surface area contributed by atoms with Crippen molar-refractivity contribution in [3.63, 3.8) is 0 Å². The molecule has 3 rings (SSSR count). The minimum Gasteiger partial charge on any atom is -0.469 e. The number of para-hydroxylation sites is 1. The monoisotopic (exact) mass is 623 g/mol. The van der Waals surface area contributed by atoms with E-state index in [2.05, 4.69) is 20.0 Å². The number of halogens is 1. The molecule has 10 nitrogen and oxygen atoms in total. The van der Waals surface area contributed by atoms with Crippen LogP contribution in [0.15, 0.2) is 60.9 Å². The number of unbranched alkanes of at least 4 members (excludes halogenated alkanes) is 6. The van der Waals surface area contributed by atoms with Crippen molar-refractivity contribution in [1.82, 2.24) is 15.3 Å². The number of ether oxygens (including phenoxy) is 2. The summed E-state index contributed by atoms with van der Waals surface area (Å²) in [6.45, 7) is 1.37. The molecule has 0 saturated carbocycles. The summed E-state index contributed by atoms with van der Waals surface area (Å²) in [4.78, 5) is 46.7. The molecule has 0 bridgehead atoms. The molecule has 0 aliphatic carbocycles. The van der Waals surface area contributed by atoms with Crippen LogP contribution in [0.1, 0.15) is 80.1 Å². The zero-order chi connectivity index (χ0) is 31.6. The van der Waals surface area contributed by atoms with Crippen LogP contribution in [0.25, 0.3) is 0 Å². The van der Waals surface area contributed by atoms with Crippen LogP contribution in [-0.4, -0.2) is 48.0 Å². The van der Waals surface area contributed by atoms with Crippen LogP contribution >= 0.6 is 11.6 Å². The van der Waals surface area contributed by atoms with Crippen LogP contribution in [0.3, 0.4) is 0 Å². The first-order valence-corrected chi connectivity index (χ1v) is 15.5. The van der Waals surface area contributed by atoms with E-state index >= 15 is 0 Å². The number of hydrogen-bond donors (Lipinski definition) is 2. The van der Waals surface area contributed by atoms with Gasteiger partial charge in [0.1, 0.15) is 6.61 Å². The summed E-state index contributed by atoms with van der Waals surface area (Å²) in [7, 11) is 1.39. The molecular weight excluding hydrogens is 582 g/mol. The summed E-state index contributed by atoms with van der Waals surface area (Å²) in [5.41, 5.74) is 8.12. The number of aromatic nitrogens is 2. The molecule has 1 amide bonds. The lowest BCUT2D eigenvalue weighted by Gasteiger charge is -2.24. The maximum absolute atomic E-state index is 12.7. The number of nitrogens with two attached hydrogens (primary N) is 1. The Balaban J connectivity index is 1.60. The summed E-state index contributed by atoms with van der Waals surface area (Å²) in [5.74, 6) is -0.336. The van der Waals surface area contributed by atoms with Crippen molar-refractivity contribution in [2.75, 3.05) is 25.1 Å². The van der Waals surface area contributed by atoms with E-state index < -0.39 is 0 Å². The van der Waals surface area contributed by atoms with Crippen molar-refractivity contribution in [3.05, 3.63) is 77.1 Å². The molecule has 1 aromatic heterocycles. The Labute approximate surface area is 264 Å². The largest absolute Gasteiger partial charge is 0.469 e. The predicted octanol–water partition coefficient (Wildman–Crippen LogP) is 6.41. The van der Waals surface area contributed by atoms with E-state index in [0.717, 1.165) is 62.6 Å². The Kier molecular flexibility index (Phi) is 15.1. The van der Waals surface area contributed by atoms with Gasteiger partial charge in [0.15, 0.2) is 0 Å². The molecule has 0 spiro atoms. The molecule has 0 aliphatic rings. The van der Waals surface area contributed by atoms with Crippen LogP contribution in [-0.2, 0) is 25.7 Å². The van der Waals surface area contributed by atoms with Crippen LogP contribution in [0.4, 0.5) is 17.3 Å². The topological polar surface area (TPSA) is 137 Å². The van der Waals surface area contributed by atoms with Gasteiger partial charge in [-0.15, -0.1) is 0 Å². The number of amides is 1. The third-order valence-electron chi connectivity index (χ3n) is 6.94. The molecule has 0 saturated heterocycles. The summed E-state index contributed by atoms with van der Waals surface area (Å²) in [5, 5.41) is 3.40. The maximum Gasteiger partial charge on any atom is 0.306 e. The number of methoxy groups -OCH3 is 1. The fraction of sp³-hybridized carbons (Fsp3) is 0.424. The molecule has 0 fully saturated rings. The highest BCUT2D eigenvalue weighted by molar-refractivity contribution is 6.33. The molecule has 236 valence electrons. The lowest BCUT2D eigenvalue weighted by molar-refractivity contribution is -0.145. The first kappa shape index (κ1) is 34.5. The van der Waals surface area contributed by atoms with Gasteiger partial charge >= 0.3 is 11.9 Å². The van der Waals surface area contributed by atoms with Gasteiger partial charge in [-0.25, -0.2) is 9.97 Å². The lowest BCUT2D eigenvalue weighted by atomic mass is 10.1. The van der Waals surface area contributed by atoms with E-state index in [1.54, 1.807) is 11.0 Å². The van der Waals surface area contributed by atoms with Gasteiger partial charge in [0.25, 0.3) is 5.91 Å². The first-order chi connectivity index (χ1) is 21.4. The Morgan fingerprint density at radius 3 is 2.14 bits per heavy atom. The van der Waals surface area contributed by atoms with Gasteiger partial charge in [-0.05, 0) is 62.1 Å². The Morgan fingerprint density at radius 2 is 1.48 bits per heavy atom. The zero-order valence-corrected chi connectivity index (χ0v) is 26.1. The Bertz CT molecular complexity index is 1320. The van der Waals surface area contributed by atoms with Gasteiger partial charge in [-0.2, -0.15) is 0 Å². The predicted molar refractivity (Wildman–Crippen MR) is 171 cm³/mol. The number of carbonyl (C=O) groups excluding carboxylic acids is 3. The molecule has 44 heavy (non-hydrogen) atoms. The lowest BCUT2D eigenvalue weighted by Crippen LogP contribution is -2.25. The third kappa shape index (κ3) is 11.6. The molecule has 0 aliphatic heterocycles. The second-order valence-electron chi connectivity index (χ2n) is 10.3. The second-order valence-corrected chi connectivity index (χ2v) is 10.7. The fourth-order valence-corrected chi connectivity index (χ4v) is 4.67. The van der Waals surface area contributed by atoms with Crippen molar-refractivity contribution in [2.45, 2.75) is 70.8 Å². The molecule has 11 heteroatoms. The summed E-state index contributed by atoms with van der Waals surface area (Å²) < 4.78 is 10.1. The maximum atomic E-state index is 12.7. The standard InChI is InChI=1S/C33H42ClN5O5/c1-43-30(40)14-6-3-5-11-21-36-32(42)26-22-37-33(38-23-26)39(29-13-9-8-12-28(29)34)27-18-16-25(17-19-27)24-44-31(41)15-7-2-4-10-20-35/h8-9,12-13,16-19,22-23H,2-7,10-11,14-15,20-21,24,35H2,1H3,(H,36,42). The summed E-state index contributed by atoms with van der Waals surface area (Å²) in [6.07, 6.45) is 10.9. The van der Waals surface area contributed by atoms with Crippen LogP contribution in [0.2, 0.25) is 5.02 Å². The quantitative estimate of drug-likeness (QED) is 0.115. The van der Waals surface area contributed by atoms with E-state index in [1.807, 2.05) is 42.5 Å². The second kappa shape index (κ2) is 19.3. The van der Waals surface area contributed by atoms with Crippen LogP contribution in [0, 0.1) is 0 Å². The van der Waals surface area contributed by atoms with E-state index in [4.69, 9.17) is 22.1 Å². The number of rotatable bonds is 19. The van der Waals surface area contributed by atoms with E-state index in [1.165, 1.54) is 19.5 Å². The molecule has 3 N–H and O–H groups in total. The summed E-state index contributed by atoms with van der Waals surface area (Å²) >= 11 is 6.56. The number of nitrogens with one attached hydrogen (secondary N) is 1. The molecule has 1 heterocycles. The van der Waals surface area contributed by atoms with Gasteiger partial charge in [0.2, 0.25) is 5.95 Å². The highest BCUT2D eigenvalue weighted by Crippen LogP contribution is 2.36. The minimum absolute atomic E-state index is 0.182. The number of carbonyl (C=O) groups is 3. The van der Waals surface area contributed by atoms with E-state index in [-0.39, 0.29) is 24.5 Å². The van der Waals surface area contributed by atoms with Gasteiger partial charge in [-0.1, -0.05) is 61.5 Å². The van der Waals surface area contributed by atoms with Gasteiger partial charge in [-0.3, -0.25) is 19.3 Å². The minimum atomic E-state index is -0.259. The molecule has 0 atom stereocenters. The van der Waals surface area contributed by atoms with Gasteiger partial charge in [0, 0.05) is 37.5 Å². The molecule has 2 aromatic carbocycles. The molecule has 0 radical (unpaired) electrons. The van der Waals surface area contributed by atoms with Gasteiger partial charge in [0.05, 0.1) is 23.4 Å². The van der Waals surface area contributed by atoms with Crippen molar-refractivity contribution in [3.8, 4) is 0 Å². The first-order valence-electron chi connectivity index (χ1n) is 15.1. The number of nitrogens with zero attached hydrogens (tertiary/aromatic N) is 3. The van der Waals surface area contributed by atoms with Crippen LogP contribution < -0.4 is 16.0 Å². The highest BCUT2D eigenvalue weighted by atomic mass is 35.5. The van der Waals surface area contributed by atoms with Gasteiger partial charge < -0.3 is 20.5 Å². The van der Waals surface area contributed by atoms with Crippen molar-refractivity contribution < 1.29 is 23.9 Å². The van der Waals surface area contributed by atoms with Crippen molar-refractivity contribution in [2.24, 2.45) is 5.73 Å². The number of esters is 2. The van der Waals surface area contributed by atoms with Crippen LogP contribution in [0.5, 0.6) is 0 Å². The Morgan fingerprint density at radius 1 is 0.841 bits per heavy atom.